The molecule has 4 nitrogen and oxygen atoms in total. The van der Waals surface area contributed by atoms with Gasteiger partial charge in [0, 0.05) is 6.54 Å². The van der Waals surface area contributed by atoms with E-state index in [0.717, 1.165) is 49.9 Å². The van der Waals surface area contributed by atoms with Crippen LogP contribution in [-0.4, -0.2) is 21.3 Å². The topological polar surface area (TPSA) is 55.4 Å². The smallest absolute Gasteiger partial charge is 0.406 e. The van der Waals surface area contributed by atoms with E-state index in [2.05, 4.69) is 16.4 Å². The highest BCUT2D eigenvalue weighted by molar-refractivity contribution is 7.89. The number of hydrogen-bond donors (Lipinski definition) is 1. The standard InChI is InChI=1S/C16H24F3NO3S/c1-2-3-4-5-6-7-8-13-20-24(21,22)15-11-9-14(10-12-15)23-16(17,18)19/h9-12,20H,2-8,13H2,1H3. The summed E-state index contributed by atoms with van der Waals surface area (Å²) in [6.45, 7) is 2.47. The van der Waals surface area contributed by atoms with Gasteiger partial charge in [0.1, 0.15) is 5.75 Å². The first kappa shape index (κ1) is 20.8. The molecule has 0 unspecified atom stereocenters. The average Bonchev–Trinajstić information content (AvgIpc) is 2.49. The zero-order valence-electron chi connectivity index (χ0n) is 13.7. The molecule has 0 saturated carbocycles. The van der Waals surface area contributed by atoms with Crippen molar-refractivity contribution in [2.75, 3.05) is 6.54 Å². The van der Waals surface area contributed by atoms with Crippen LogP contribution >= 0.6 is 0 Å². The number of nitrogens with one attached hydrogen (secondary N) is 1. The van der Waals surface area contributed by atoms with Gasteiger partial charge in [-0.3, -0.25) is 0 Å². The SMILES string of the molecule is CCCCCCCCCNS(=O)(=O)c1ccc(OC(F)(F)F)cc1. The predicted octanol–water partition coefficient (Wildman–Crippen LogP) is 4.61. The molecule has 0 fully saturated rings. The van der Waals surface area contributed by atoms with E-state index in [9.17, 15) is 21.6 Å². The molecule has 0 heterocycles. The summed E-state index contributed by atoms with van der Waals surface area (Å²) in [5.41, 5.74) is 0. The summed E-state index contributed by atoms with van der Waals surface area (Å²) in [5.74, 6) is -0.450. The number of rotatable bonds is 11. The second-order valence-corrected chi connectivity index (χ2v) is 7.31. The van der Waals surface area contributed by atoms with Gasteiger partial charge in [0.05, 0.1) is 4.90 Å². The minimum atomic E-state index is -4.80. The summed E-state index contributed by atoms with van der Waals surface area (Å²) in [5, 5.41) is 0. The van der Waals surface area contributed by atoms with Crippen LogP contribution in [0.3, 0.4) is 0 Å². The van der Waals surface area contributed by atoms with E-state index in [1.54, 1.807) is 0 Å². The number of ether oxygens (including phenoxy) is 1. The van der Waals surface area contributed by atoms with Gasteiger partial charge in [-0.25, -0.2) is 13.1 Å². The second-order valence-electron chi connectivity index (χ2n) is 5.54. The fraction of sp³-hybridized carbons (Fsp3) is 0.625. The first-order chi connectivity index (χ1) is 11.2. The van der Waals surface area contributed by atoms with Crippen molar-refractivity contribution in [1.29, 1.82) is 0 Å². The molecule has 138 valence electrons. The molecule has 0 aliphatic rings. The number of sulfonamides is 1. The molecule has 0 aliphatic heterocycles. The lowest BCUT2D eigenvalue weighted by atomic mass is 10.1. The van der Waals surface area contributed by atoms with Gasteiger partial charge in [-0.2, -0.15) is 0 Å². The van der Waals surface area contributed by atoms with Gasteiger partial charge in [0.15, 0.2) is 0 Å². The highest BCUT2D eigenvalue weighted by Gasteiger charge is 2.31. The Balaban J connectivity index is 2.37. The Morgan fingerprint density at radius 3 is 2.04 bits per heavy atom. The Kier molecular flexibility index (Phi) is 8.55. The van der Waals surface area contributed by atoms with Crippen molar-refractivity contribution < 1.29 is 26.3 Å². The minimum Gasteiger partial charge on any atom is -0.406 e. The fourth-order valence-electron chi connectivity index (χ4n) is 2.19. The van der Waals surface area contributed by atoms with Gasteiger partial charge in [-0.1, -0.05) is 45.4 Å². The molecule has 0 aliphatic carbocycles. The van der Waals surface area contributed by atoms with Crippen molar-refractivity contribution in [2.24, 2.45) is 0 Å². The molecule has 1 aromatic carbocycles. The third-order valence-corrected chi connectivity index (χ3v) is 4.92. The average molecular weight is 367 g/mol. The van der Waals surface area contributed by atoms with E-state index in [4.69, 9.17) is 0 Å². The number of benzene rings is 1. The maximum atomic E-state index is 12.1. The number of alkyl halides is 3. The fourth-order valence-corrected chi connectivity index (χ4v) is 3.27. The molecule has 0 radical (unpaired) electrons. The van der Waals surface area contributed by atoms with E-state index in [1.807, 2.05) is 0 Å². The molecule has 0 atom stereocenters. The highest BCUT2D eigenvalue weighted by Crippen LogP contribution is 2.23. The van der Waals surface area contributed by atoms with Crippen molar-refractivity contribution in [3.63, 3.8) is 0 Å². The number of hydrogen-bond acceptors (Lipinski definition) is 3. The Morgan fingerprint density at radius 1 is 0.958 bits per heavy atom. The highest BCUT2D eigenvalue weighted by atomic mass is 32.2. The predicted molar refractivity (Wildman–Crippen MR) is 86.3 cm³/mol. The Morgan fingerprint density at radius 2 is 1.50 bits per heavy atom. The van der Waals surface area contributed by atoms with E-state index >= 15 is 0 Å². The van der Waals surface area contributed by atoms with Gasteiger partial charge in [-0.15, -0.1) is 13.2 Å². The van der Waals surface area contributed by atoms with Gasteiger partial charge in [-0.05, 0) is 30.7 Å². The Labute approximate surface area is 141 Å². The maximum Gasteiger partial charge on any atom is 0.573 e. The molecule has 1 N–H and O–H groups in total. The maximum absolute atomic E-state index is 12.1. The molecule has 1 aromatic rings. The van der Waals surface area contributed by atoms with Crippen LogP contribution in [0.5, 0.6) is 5.75 Å². The van der Waals surface area contributed by atoms with Crippen LogP contribution in [0.15, 0.2) is 29.2 Å². The summed E-state index contributed by atoms with van der Waals surface area (Å²) < 4.78 is 66.4. The van der Waals surface area contributed by atoms with Gasteiger partial charge >= 0.3 is 6.36 Å². The van der Waals surface area contributed by atoms with Gasteiger partial charge in [0.25, 0.3) is 0 Å². The van der Waals surface area contributed by atoms with Crippen molar-refractivity contribution in [2.45, 2.75) is 63.1 Å². The number of halogens is 3. The van der Waals surface area contributed by atoms with E-state index in [0.29, 0.717) is 6.54 Å². The number of unbranched alkanes of at least 4 members (excludes halogenated alkanes) is 6. The van der Waals surface area contributed by atoms with Crippen molar-refractivity contribution in [3.8, 4) is 5.75 Å². The lowest BCUT2D eigenvalue weighted by Crippen LogP contribution is -2.24. The lowest BCUT2D eigenvalue weighted by Gasteiger charge is -2.10. The third kappa shape index (κ3) is 8.54. The molecule has 0 amide bonds. The summed E-state index contributed by atoms with van der Waals surface area (Å²) in [6.07, 6.45) is 2.73. The van der Waals surface area contributed by atoms with E-state index in [-0.39, 0.29) is 4.90 Å². The van der Waals surface area contributed by atoms with Crippen molar-refractivity contribution in [1.82, 2.24) is 4.72 Å². The molecular formula is C16H24F3NO3S. The summed E-state index contributed by atoms with van der Waals surface area (Å²) in [7, 11) is -3.71. The van der Waals surface area contributed by atoms with Crippen LogP contribution in [0.2, 0.25) is 0 Å². The van der Waals surface area contributed by atoms with Crippen LogP contribution < -0.4 is 9.46 Å². The quantitative estimate of drug-likeness (QED) is 0.581. The van der Waals surface area contributed by atoms with Gasteiger partial charge in [0.2, 0.25) is 10.0 Å². The molecular weight excluding hydrogens is 343 g/mol. The first-order valence-electron chi connectivity index (χ1n) is 8.10. The molecule has 0 bridgehead atoms. The van der Waals surface area contributed by atoms with E-state index < -0.39 is 22.1 Å². The largest absolute Gasteiger partial charge is 0.573 e. The molecule has 24 heavy (non-hydrogen) atoms. The van der Waals surface area contributed by atoms with Crippen LogP contribution in [0.4, 0.5) is 13.2 Å². The summed E-state index contributed by atoms with van der Waals surface area (Å²) in [6, 6.07) is 4.15. The molecule has 1 rings (SSSR count). The lowest BCUT2D eigenvalue weighted by molar-refractivity contribution is -0.274. The molecule has 0 aromatic heterocycles. The van der Waals surface area contributed by atoms with Crippen molar-refractivity contribution in [3.05, 3.63) is 24.3 Å². The van der Waals surface area contributed by atoms with Crippen LogP contribution in [0.25, 0.3) is 0 Å². The summed E-state index contributed by atoms with van der Waals surface area (Å²) >= 11 is 0. The van der Waals surface area contributed by atoms with Crippen LogP contribution in [-0.2, 0) is 10.0 Å². The van der Waals surface area contributed by atoms with Crippen LogP contribution in [0.1, 0.15) is 51.9 Å². The zero-order chi connectivity index (χ0) is 18.1. The second kappa shape index (κ2) is 9.88. The monoisotopic (exact) mass is 367 g/mol. The Bertz CT molecular complexity index is 571. The van der Waals surface area contributed by atoms with E-state index in [1.165, 1.54) is 19.3 Å². The minimum absolute atomic E-state index is 0.0834. The van der Waals surface area contributed by atoms with Crippen molar-refractivity contribution >= 4 is 10.0 Å². The normalized spacial score (nSPS) is 12.3. The molecule has 0 spiro atoms. The zero-order valence-corrected chi connectivity index (χ0v) is 14.5. The van der Waals surface area contributed by atoms with Crippen LogP contribution in [0, 0.1) is 0 Å². The third-order valence-electron chi connectivity index (χ3n) is 3.44. The first-order valence-corrected chi connectivity index (χ1v) is 9.58. The summed E-state index contributed by atoms with van der Waals surface area (Å²) in [4.78, 5) is -0.0834. The van der Waals surface area contributed by atoms with Gasteiger partial charge < -0.3 is 4.74 Å². The molecule has 0 saturated heterocycles. The Hall–Kier alpha value is -1.28. The molecule has 8 heteroatoms.